The zero-order valence-corrected chi connectivity index (χ0v) is 13.1. The average molecular weight is 373 g/mol. The lowest BCUT2D eigenvalue weighted by molar-refractivity contribution is 0.318. The summed E-state index contributed by atoms with van der Waals surface area (Å²) < 4.78 is 14.8. The third-order valence-corrected chi connectivity index (χ3v) is 3.68. The summed E-state index contributed by atoms with van der Waals surface area (Å²) in [4.78, 5) is 0. The number of nitrogens with two attached hydrogens (primary N) is 1. The van der Waals surface area contributed by atoms with Crippen molar-refractivity contribution in [2.75, 3.05) is 5.32 Å². The maximum Gasteiger partial charge on any atom is 0.170 e. The number of nitrogens with one attached hydrogen (secondary N) is 1. The van der Waals surface area contributed by atoms with E-state index in [1.165, 1.54) is 6.07 Å². The molecule has 0 aliphatic heterocycles. The molecule has 0 unspecified atom stereocenters. The number of anilines is 1. The first-order valence-corrected chi connectivity index (χ1v) is 7.13. The highest BCUT2D eigenvalue weighted by molar-refractivity contribution is 9.10. The normalized spacial score (nSPS) is 11.5. The minimum Gasteiger partial charge on any atom is -0.409 e. The van der Waals surface area contributed by atoms with Gasteiger partial charge in [0.15, 0.2) is 5.84 Å². The molecule has 0 spiro atoms. The van der Waals surface area contributed by atoms with Crippen LogP contribution in [0.15, 0.2) is 46.0 Å². The Morgan fingerprint density at radius 2 is 2.10 bits per heavy atom. The first-order valence-electron chi connectivity index (χ1n) is 5.96. The van der Waals surface area contributed by atoms with E-state index >= 15 is 0 Å². The monoisotopic (exact) mass is 371 g/mol. The lowest BCUT2D eigenvalue weighted by Crippen LogP contribution is -2.14. The molecule has 4 nitrogen and oxygen atoms in total. The molecule has 0 bridgehead atoms. The zero-order valence-electron chi connectivity index (χ0n) is 10.8. The SMILES string of the molecule is NC(=NO)c1ccc(CNc2cc(Br)ccc2Cl)c(F)c1. The number of hydrogen-bond donors (Lipinski definition) is 3. The van der Waals surface area contributed by atoms with Crippen LogP contribution in [0, 0.1) is 5.82 Å². The Kier molecular flexibility index (Phi) is 5.03. The molecule has 7 heteroatoms. The van der Waals surface area contributed by atoms with Crippen LogP contribution in [0.3, 0.4) is 0 Å². The van der Waals surface area contributed by atoms with Crippen LogP contribution in [-0.4, -0.2) is 11.0 Å². The second-order valence-corrected chi connectivity index (χ2v) is 5.59. The maximum atomic E-state index is 14.0. The van der Waals surface area contributed by atoms with Crippen molar-refractivity contribution in [1.82, 2.24) is 0 Å². The van der Waals surface area contributed by atoms with Gasteiger partial charge in [0.2, 0.25) is 0 Å². The van der Waals surface area contributed by atoms with Crippen LogP contribution in [0.1, 0.15) is 11.1 Å². The van der Waals surface area contributed by atoms with E-state index in [4.69, 9.17) is 22.5 Å². The Morgan fingerprint density at radius 3 is 2.76 bits per heavy atom. The average Bonchev–Trinajstić information content (AvgIpc) is 2.48. The molecule has 110 valence electrons. The Morgan fingerprint density at radius 1 is 1.33 bits per heavy atom. The summed E-state index contributed by atoms with van der Waals surface area (Å²) in [6, 6.07) is 9.74. The van der Waals surface area contributed by atoms with E-state index in [-0.39, 0.29) is 12.4 Å². The Labute approximate surface area is 134 Å². The molecule has 0 radical (unpaired) electrons. The first-order chi connectivity index (χ1) is 10.0. The number of oxime groups is 1. The van der Waals surface area contributed by atoms with Gasteiger partial charge in [0, 0.05) is 22.1 Å². The number of amidine groups is 1. The van der Waals surface area contributed by atoms with Gasteiger partial charge < -0.3 is 16.3 Å². The lowest BCUT2D eigenvalue weighted by atomic mass is 10.1. The van der Waals surface area contributed by atoms with Crippen LogP contribution in [0.2, 0.25) is 5.02 Å². The fraction of sp³-hybridized carbons (Fsp3) is 0.0714. The van der Waals surface area contributed by atoms with Crippen molar-refractivity contribution in [3.63, 3.8) is 0 Å². The topological polar surface area (TPSA) is 70.6 Å². The van der Waals surface area contributed by atoms with E-state index in [2.05, 4.69) is 26.4 Å². The molecule has 0 amide bonds. The predicted molar refractivity (Wildman–Crippen MR) is 85.4 cm³/mol. The van der Waals surface area contributed by atoms with Gasteiger partial charge in [0.1, 0.15) is 5.82 Å². The van der Waals surface area contributed by atoms with Crippen molar-refractivity contribution < 1.29 is 9.60 Å². The summed E-state index contributed by atoms with van der Waals surface area (Å²) in [5.41, 5.74) is 6.87. The molecule has 21 heavy (non-hydrogen) atoms. The second kappa shape index (κ2) is 6.78. The standard InChI is InChI=1S/C14H12BrClFN3O/c15-10-3-4-11(16)13(6-10)19-7-9-2-1-8(5-12(9)17)14(18)20-21/h1-6,19,21H,7H2,(H2,18,20). The Balaban J connectivity index is 2.15. The number of halogens is 3. The zero-order chi connectivity index (χ0) is 15.4. The number of nitrogens with zero attached hydrogens (tertiary/aromatic N) is 1. The molecular weight excluding hydrogens is 361 g/mol. The summed E-state index contributed by atoms with van der Waals surface area (Å²) in [5.74, 6) is -0.582. The number of rotatable bonds is 4. The van der Waals surface area contributed by atoms with Crippen molar-refractivity contribution in [3.05, 3.63) is 62.8 Å². The quantitative estimate of drug-likeness (QED) is 0.329. The fourth-order valence-electron chi connectivity index (χ4n) is 1.73. The molecule has 0 aliphatic rings. The molecule has 0 saturated carbocycles. The van der Waals surface area contributed by atoms with Crippen molar-refractivity contribution in [2.45, 2.75) is 6.54 Å². The summed E-state index contributed by atoms with van der Waals surface area (Å²) in [6.45, 7) is 0.262. The van der Waals surface area contributed by atoms with Gasteiger partial charge in [-0.1, -0.05) is 44.8 Å². The lowest BCUT2D eigenvalue weighted by Gasteiger charge is -2.10. The molecule has 0 fully saturated rings. The molecule has 0 saturated heterocycles. The largest absolute Gasteiger partial charge is 0.409 e. The Hall–Kier alpha value is -1.79. The third-order valence-electron chi connectivity index (χ3n) is 2.85. The molecule has 0 aliphatic carbocycles. The van der Waals surface area contributed by atoms with Crippen LogP contribution in [0.25, 0.3) is 0 Å². The van der Waals surface area contributed by atoms with Gasteiger partial charge in [-0.3, -0.25) is 0 Å². The van der Waals surface area contributed by atoms with E-state index in [0.29, 0.717) is 21.8 Å². The molecule has 0 aromatic heterocycles. The summed E-state index contributed by atoms with van der Waals surface area (Å²) in [6.07, 6.45) is 0. The highest BCUT2D eigenvalue weighted by Crippen LogP contribution is 2.26. The fourth-order valence-corrected chi connectivity index (χ4v) is 2.28. The van der Waals surface area contributed by atoms with E-state index in [1.54, 1.807) is 18.2 Å². The summed E-state index contributed by atoms with van der Waals surface area (Å²) >= 11 is 9.40. The van der Waals surface area contributed by atoms with E-state index in [1.807, 2.05) is 12.1 Å². The maximum absolute atomic E-state index is 14.0. The van der Waals surface area contributed by atoms with Crippen LogP contribution in [-0.2, 0) is 6.54 Å². The number of benzene rings is 2. The highest BCUT2D eigenvalue weighted by Gasteiger charge is 2.07. The van der Waals surface area contributed by atoms with Gasteiger partial charge in [-0.15, -0.1) is 0 Å². The van der Waals surface area contributed by atoms with E-state index in [9.17, 15) is 4.39 Å². The predicted octanol–water partition coefficient (Wildman–Crippen LogP) is 3.95. The number of hydrogen-bond acceptors (Lipinski definition) is 3. The molecule has 4 N–H and O–H groups in total. The van der Waals surface area contributed by atoms with Crippen LogP contribution < -0.4 is 11.1 Å². The molecule has 2 aromatic rings. The van der Waals surface area contributed by atoms with Gasteiger partial charge in [0.25, 0.3) is 0 Å². The smallest absolute Gasteiger partial charge is 0.170 e. The first kappa shape index (κ1) is 15.6. The van der Waals surface area contributed by atoms with Crippen LogP contribution in [0.4, 0.5) is 10.1 Å². The summed E-state index contributed by atoms with van der Waals surface area (Å²) in [5, 5.41) is 15.0. The van der Waals surface area contributed by atoms with Gasteiger partial charge in [-0.2, -0.15) is 0 Å². The van der Waals surface area contributed by atoms with Crippen molar-refractivity contribution in [1.29, 1.82) is 0 Å². The molecular formula is C14H12BrClFN3O. The molecule has 0 heterocycles. The summed E-state index contributed by atoms with van der Waals surface area (Å²) in [7, 11) is 0. The van der Waals surface area contributed by atoms with Gasteiger partial charge in [0.05, 0.1) is 10.7 Å². The molecule has 2 rings (SSSR count). The van der Waals surface area contributed by atoms with Gasteiger partial charge in [-0.25, -0.2) is 4.39 Å². The highest BCUT2D eigenvalue weighted by atomic mass is 79.9. The van der Waals surface area contributed by atoms with Gasteiger partial charge >= 0.3 is 0 Å². The Bertz CT molecular complexity index is 694. The van der Waals surface area contributed by atoms with Crippen molar-refractivity contribution in [2.24, 2.45) is 10.9 Å². The minimum absolute atomic E-state index is 0.136. The van der Waals surface area contributed by atoms with E-state index in [0.717, 1.165) is 4.47 Å². The van der Waals surface area contributed by atoms with Crippen LogP contribution >= 0.6 is 27.5 Å². The van der Waals surface area contributed by atoms with Crippen molar-refractivity contribution >= 4 is 39.1 Å². The third kappa shape index (κ3) is 3.86. The van der Waals surface area contributed by atoms with Gasteiger partial charge in [-0.05, 0) is 24.3 Å². The minimum atomic E-state index is -0.447. The van der Waals surface area contributed by atoms with Crippen LogP contribution in [0.5, 0.6) is 0 Å². The van der Waals surface area contributed by atoms with E-state index < -0.39 is 5.82 Å². The molecule has 0 atom stereocenters. The molecule has 2 aromatic carbocycles. The van der Waals surface area contributed by atoms with Crippen molar-refractivity contribution in [3.8, 4) is 0 Å². The second-order valence-electron chi connectivity index (χ2n) is 4.27.